The summed E-state index contributed by atoms with van der Waals surface area (Å²) in [6, 6.07) is 6.09. The Bertz CT molecular complexity index is 751. The zero-order chi connectivity index (χ0) is 17.4. The molecule has 3 N–H and O–H groups in total. The highest BCUT2D eigenvalue weighted by Crippen LogP contribution is 2.42. The fourth-order valence-electron chi connectivity index (χ4n) is 4.45. The maximum atomic E-state index is 12.8. The van der Waals surface area contributed by atoms with Gasteiger partial charge in [-0.2, -0.15) is 0 Å². The molecular formula is C18H25ClN6O. The van der Waals surface area contributed by atoms with Crippen LogP contribution in [0.5, 0.6) is 0 Å². The van der Waals surface area contributed by atoms with Crippen molar-refractivity contribution in [3.8, 4) is 5.69 Å². The number of fused-ring (bicyclic) bond motifs is 2. The Hall–Kier alpha value is -1.99. The first kappa shape index (κ1) is 18.8. The summed E-state index contributed by atoms with van der Waals surface area (Å²) >= 11 is 0. The Morgan fingerprint density at radius 2 is 2.00 bits per heavy atom. The summed E-state index contributed by atoms with van der Waals surface area (Å²) in [5.41, 5.74) is 9.03. The molecule has 2 aliphatic carbocycles. The molecule has 2 bridgehead atoms. The van der Waals surface area contributed by atoms with E-state index in [1.54, 1.807) is 11.0 Å². The molecule has 4 rings (SSSR count). The Morgan fingerprint density at radius 1 is 1.27 bits per heavy atom. The van der Waals surface area contributed by atoms with Crippen LogP contribution in [0.3, 0.4) is 0 Å². The third-order valence-electron chi connectivity index (χ3n) is 5.86. The van der Waals surface area contributed by atoms with Gasteiger partial charge in [0, 0.05) is 17.6 Å². The molecule has 0 aliphatic heterocycles. The van der Waals surface area contributed by atoms with Crippen LogP contribution in [-0.2, 0) is 4.79 Å². The first-order chi connectivity index (χ1) is 12.1. The monoisotopic (exact) mass is 376 g/mol. The fourth-order valence-corrected chi connectivity index (χ4v) is 4.45. The topological polar surface area (TPSA) is 98.7 Å². The molecule has 1 aromatic heterocycles. The molecule has 2 aliphatic rings. The average molecular weight is 377 g/mol. The number of carbonyl (C=O) groups excluding carboxylic acids is 1. The zero-order valence-corrected chi connectivity index (χ0v) is 15.7. The van der Waals surface area contributed by atoms with Crippen molar-refractivity contribution in [2.75, 3.05) is 5.32 Å². The number of anilines is 1. The minimum atomic E-state index is 0. The molecule has 7 nitrogen and oxygen atoms in total. The molecule has 140 valence electrons. The quantitative estimate of drug-likeness (QED) is 0.857. The summed E-state index contributed by atoms with van der Waals surface area (Å²) in [6.45, 7) is 1.99. The van der Waals surface area contributed by atoms with Gasteiger partial charge in [-0.15, -0.1) is 17.5 Å². The number of nitrogens with one attached hydrogen (secondary N) is 1. The van der Waals surface area contributed by atoms with Gasteiger partial charge in [0.1, 0.15) is 6.33 Å². The van der Waals surface area contributed by atoms with Gasteiger partial charge in [0.2, 0.25) is 5.91 Å². The van der Waals surface area contributed by atoms with E-state index in [1.165, 1.54) is 6.42 Å². The number of hydrogen-bond donors (Lipinski definition) is 2. The van der Waals surface area contributed by atoms with Crippen LogP contribution in [0.4, 0.5) is 5.69 Å². The second-order valence-electron chi connectivity index (χ2n) is 7.44. The highest BCUT2D eigenvalue weighted by molar-refractivity contribution is 5.93. The number of carbonyl (C=O) groups is 1. The van der Waals surface area contributed by atoms with E-state index >= 15 is 0 Å². The normalized spacial score (nSPS) is 27.5. The van der Waals surface area contributed by atoms with Crippen LogP contribution < -0.4 is 11.1 Å². The highest BCUT2D eigenvalue weighted by Gasteiger charge is 2.40. The van der Waals surface area contributed by atoms with Gasteiger partial charge in [0.05, 0.1) is 5.69 Å². The third-order valence-corrected chi connectivity index (χ3v) is 5.86. The standard InChI is InChI=1S/C18H24N6O.ClH/c1-11-5-6-15(9-16(11)24-10-20-22-23-24)21-18(25)14-7-12-3-2-4-13(8-14)17(12)19;/h5-6,9-10,12-14,17H,2-4,7-8,19H2,1H3,(H,21,25);1H. The van der Waals surface area contributed by atoms with Crippen LogP contribution in [0.15, 0.2) is 24.5 Å². The fraction of sp³-hybridized carbons (Fsp3) is 0.556. The van der Waals surface area contributed by atoms with Gasteiger partial charge in [-0.1, -0.05) is 12.5 Å². The molecule has 2 saturated carbocycles. The van der Waals surface area contributed by atoms with Crippen LogP contribution in [-0.4, -0.2) is 32.2 Å². The molecule has 1 aromatic carbocycles. The number of aryl methyl sites for hydroxylation is 1. The molecule has 0 radical (unpaired) electrons. The molecule has 0 spiro atoms. The molecule has 1 heterocycles. The zero-order valence-electron chi connectivity index (χ0n) is 14.8. The Balaban J connectivity index is 0.00000196. The van der Waals surface area contributed by atoms with Crippen LogP contribution in [0, 0.1) is 24.7 Å². The lowest BCUT2D eigenvalue weighted by molar-refractivity contribution is -0.122. The molecule has 2 unspecified atom stereocenters. The summed E-state index contributed by atoms with van der Waals surface area (Å²) in [7, 11) is 0. The smallest absolute Gasteiger partial charge is 0.227 e. The molecule has 2 fully saturated rings. The van der Waals surface area contributed by atoms with E-state index in [-0.39, 0.29) is 30.3 Å². The van der Waals surface area contributed by atoms with E-state index in [1.807, 2.05) is 25.1 Å². The number of rotatable bonds is 3. The van der Waals surface area contributed by atoms with Crippen LogP contribution in [0.2, 0.25) is 0 Å². The highest BCUT2D eigenvalue weighted by atomic mass is 35.5. The van der Waals surface area contributed by atoms with Crippen molar-refractivity contribution < 1.29 is 4.79 Å². The van der Waals surface area contributed by atoms with Crippen molar-refractivity contribution in [2.24, 2.45) is 23.5 Å². The summed E-state index contributed by atoms with van der Waals surface area (Å²) in [6.07, 6.45) is 6.96. The molecule has 1 amide bonds. The second kappa shape index (κ2) is 7.72. The largest absolute Gasteiger partial charge is 0.327 e. The van der Waals surface area contributed by atoms with Crippen molar-refractivity contribution in [3.05, 3.63) is 30.1 Å². The van der Waals surface area contributed by atoms with Crippen LogP contribution in [0.1, 0.15) is 37.7 Å². The predicted octanol–water partition coefficient (Wildman–Crippen LogP) is 2.48. The molecule has 2 atom stereocenters. The Labute approximate surface area is 159 Å². The van der Waals surface area contributed by atoms with E-state index in [2.05, 4.69) is 20.8 Å². The minimum absolute atomic E-state index is 0. The lowest BCUT2D eigenvalue weighted by Crippen LogP contribution is -2.48. The maximum absolute atomic E-state index is 12.8. The second-order valence-corrected chi connectivity index (χ2v) is 7.44. The number of amides is 1. The Morgan fingerprint density at radius 3 is 2.65 bits per heavy atom. The van der Waals surface area contributed by atoms with Crippen molar-refractivity contribution in [1.82, 2.24) is 20.2 Å². The Kier molecular flexibility index (Phi) is 5.58. The number of halogens is 1. The summed E-state index contributed by atoms with van der Waals surface area (Å²) in [5.74, 6) is 1.17. The number of hydrogen-bond acceptors (Lipinski definition) is 5. The first-order valence-electron chi connectivity index (χ1n) is 9.02. The van der Waals surface area contributed by atoms with E-state index in [9.17, 15) is 4.79 Å². The third kappa shape index (κ3) is 3.59. The minimum Gasteiger partial charge on any atom is -0.327 e. The maximum Gasteiger partial charge on any atom is 0.227 e. The molecule has 2 aromatic rings. The average Bonchev–Trinajstić information content (AvgIpc) is 3.10. The summed E-state index contributed by atoms with van der Waals surface area (Å²) < 4.78 is 1.61. The number of nitrogens with zero attached hydrogens (tertiary/aromatic N) is 4. The van der Waals surface area contributed by atoms with E-state index in [4.69, 9.17) is 5.73 Å². The molecule has 0 saturated heterocycles. The van der Waals surface area contributed by atoms with Gasteiger partial charge in [0.25, 0.3) is 0 Å². The number of benzene rings is 1. The van der Waals surface area contributed by atoms with Gasteiger partial charge < -0.3 is 11.1 Å². The van der Waals surface area contributed by atoms with Gasteiger partial charge in [-0.25, -0.2) is 4.68 Å². The van der Waals surface area contributed by atoms with Crippen LogP contribution in [0.25, 0.3) is 5.69 Å². The van der Waals surface area contributed by atoms with Gasteiger partial charge >= 0.3 is 0 Å². The molecule has 26 heavy (non-hydrogen) atoms. The van der Waals surface area contributed by atoms with Gasteiger partial charge in [-0.3, -0.25) is 4.79 Å². The van der Waals surface area contributed by atoms with Crippen molar-refractivity contribution in [1.29, 1.82) is 0 Å². The first-order valence-corrected chi connectivity index (χ1v) is 9.02. The van der Waals surface area contributed by atoms with Crippen molar-refractivity contribution in [2.45, 2.75) is 45.1 Å². The lowest BCUT2D eigenvalue weighted by atomic mass is 9.65. The van der Waals surface area contributed by atoms with E-state index in [0.29, 0.717) is 11.8 Å². The van der Waals surface area contributed by atoms with Crippen molar-refractivity contribution >= 4 is 24.0 Å². The number of nitrogens with two attached hydrogens (primary N) is 1. The van der Waals surface area contributed by atoms with E-state index < -0.39 is 0 Å². The predicted molar refractivity (Wildman–Crippen MR) is 101 cm³/mol. The molecule has 8 heteroatoms. The van der Waals surface area contributed by atoms with Crippen LogP contribution >= 0.6 is 12.4 Å². The van der Waals surface area contributed by atoms with Gasteiger partial charge in [0.15, 0.2) is 0 Å². The summed E-state index contributed by atoms with van der Waals surface area (Å²) in [4.78, 5) is 12.8. The van der Waals surface area contributed by atoms with Crippen molar-refractivity contribution in [3.63, 3.8) is 0 Å². The number of tetrazole rings is 1. The number of aromatic nitrogens is 4. The molecular weight excluding hydrogens is 352 g/mol. The SMILES string of the molecule is Cc1ccc(NC(=O)C2CC3CCCC(C2)C3N)cc1-n1cnnn1.Cl. The van der Waals surface area contributed by atoms with Gasteiger partial charge in [-0.05, 0) is 72.6 Å². The lowest BCUT2D eigenvalue weighted by Gasteiger charge is -2.43. The van der Waals surface area contributed by atoms with E-state index in [0.717, 1.165) is 42.6 Å². The summed E-state index contributed by atoms with van der Waals surface area (Å²) in [5, 5.41) is 14.4.